The first-order valence-electron chi connectivity index (χ1n) is 6.61. The van der Waals surface area contributed by atoms with Crippen molar-refractivity contribution in [1.82, 2.24) is 9.55 Å². The third kappa shape index (κ3) is 3.67. The maximum Gasteiger partial charge on any atom is 0.348 e. The molecule has 0 aliphatic heterocycles. The van der Waals surface area contributed by atoms with Crippen molar-refractivity contribution in [3.63, 3.8) is 0 Å². The Kier molecular flexibility index (Phi) is 4.88. The molecule has 0 saturated heterocycles. The van der Waals surface area contributed by atoms with E-state index in [1.54, 1.807) is 45.0 Å². The number of aromatic nitrogens is 2. The van der Waals surface area contributed by atoms with Gasteiger partial charge in [-0.05, 0) is 45.0 Å². The Bertz CT molecular complexity index is 767. The Hall–Kier alpha value is -1.85. The first-order chi connectivity index (χ1) is 10.3. The zero-order chi connectivity index (χ0) is 16.4. The van der Waals surface area contributed by atoms with Gasteiger partial charge >= 0.3 is 5.69 Å². The van der Waals surface area contributed by atoms with Gasteiger partial charge in [-0.25, -0.2) is 4.79 Å². The molecule has 0 aliphatic carbocycles. The molecular weight excluding hydrogens is 325 g/mol. The lowest BCUT2D eigenvalue weighted by Gasteiger charge is -2.17. The van der Waals surface area contributed by atoms with Gasteiger partial charge in [0.05, 0.1) is 0 Å². The van der Waals surface area contributed by atoms with Crippen molar-refractivity contribution < 1.29 is 4.79 Å². The van der Waals surface area contributed by atoms with Crippen LogP contribution in [0.25, 0.3) is 0 Å². The lowest BCUT2D eigenvalue weighted by Crippen LogP contribution is -2.34. The Morgan fingerprint density at radius 1 is 1.18 bits per heavy atom. The highest BCUT2D eigenvalue weighted by Crippen LogP contribution is 2.23. The van der Waals surface area contributed by atoms with Crippen molar-refractivity contribution in [3.05, 3.63) is 56.2 Å². The van der Waals surface area contributed by atoms with Crippen LogP contribution >= 0.6 is 23.2 Å². The molecule has 5 nitrogen and oxygen atoms in total. The summed E-state index contributed by atoms with van der Waals surface area (Å²) in [4.78, 5) is 28.2. The number of nitrogens with one attached hydrogen (secondary N) is 1. The van der Waals surface area contributed by atoms with Crippen LogP contribution in [-0.2, 0) is 4.79 Å². The van der Waals surface area contributed by atoms with Crippen molar-refractivity contribution in [2.45, 2.75) is 26.8 Å². The van der Waals surface area contributed by atoms with Crippen LogP contribution in [0, 0.1) is 13.8 Å². The average Bonchev–Trinajstić information content (AvgIpc) is 2.35. The molecule has 2 aromatic rings. The highest BCUT2D eigenvalue weighted by atomic mass is 35.5. The second-order valence-corrected chi connectivity index (χ2v) is 5.89. The van der Waals surface area contributed by atoms with E-state index in [9.17, 15) is 9.59 Å². The van der Waals surface area contributed by atoms with E-state index >= 15 is 0 Å². The van der Waals surface area contributed by atoms with Crippen LogP contribution in [0.4, 0.5) is 5.69 Å². The zero-order valence-electron chi connectivity index (χ0n) is 12.4. The number of carbonyl (C=O) groups is 1. The second-order valence-electron chi connectivity index (χ2n) is 5.01. The van der Waals surface area contributed by atoms with Gasteiger partial charge in [0.2, 0.25) is 5.91 Å². The number of hydrogen-bond acceptors (Lipinski definition) is 3. The van der Waals surface area contributed by atoms with Crippen LogP contribution in [0.1, 0.15) is 24.4 Å². The molecule has 0 spiro atoms. The van der Waals surface area contributed by atoms with E-state index in [0.29, 0.717) is 27.1 Å². The van der Waals surface area contributed by atoms with Gasteiger partial charge in [-0.3, -0.25) is 9.36 Å². The summed E-state index contributed by atoms with van der Waals surface area (Å²) in [6.07, 6.45) is 0. The average molecular weight is 340 g/mol. The minimum absolute atomic E-state index is 0.353. The van der Waals surface area contributed by atoms with Gasteiger partial charge in [0.15, 0.2) is 0 Å². The van der Waals surface area contributed by atoms with Crippen molar-refractivity contribution in [1.29, 1.82) is 0 Å². The normalized spacial score (nSPS) is 12.0. The second kappa shape index (κ2) is 6.50. The fourth-order valence-electron chi connectivity index (χ4n) is 2.22. The molecule has 1 N–H and O–H groups in total. The van der Waals surface area contributed by atoms with E-state index < -0.39 is 11.7 Å². The number of halogens is 2. The molecule has 1 heterocycles. The van der Waals surface area contributed by atoms with Gasteiger partial charge in [0, 0.05) is 27.1 Å². The molecule has 1 atom stereocenters. The van der Waals surface area contributed by atoms with Crippen LogP contribution in [0.5, 0.6) is 0 Å². The Morgan fingerprint density at radius 2 is 1.77 bits per heavy atom. The van der Waals surface area contributed by atoms with E-state index in [1.165, 1.54) is 4.57 Å². The van der Waals surface area contributed by atoms with Gasteiger partial charge < -0.3 is 5.32 Å². The number of hydrogen-bond donors (Lipinski definition) is 1. The summed E-state index contributed by atoms with van der Waals surface area (Å²) in [5, 5.41) is 3.53. The van der Waals surface area contributed by atoms with Gasteiger partial charge in [0.1, 0.15) is 6.04 Å². The molecular formula is C15H15Cl2N3O2. The van der Waals surface area contributed by atoms with E-state index in [4.69, 9.17) is 23.2 Å². The topological polar surface area (TPSA) is 64.0 Å². The molecule has 1 aromatic heterocycles. The Morgan fingerprint density at radius 3 is 2.32 bits per heavy atom. The lowest BCUT2D eigenvalue weighted by atomic mass is 10.2. The quantitative estimate of drug-likeness (QED) is 0.932. The first-order valence-corrected chi connectivity index (χ1v) is 7.37. The summed E-state index contributed by atoms with van der Waals surface area (Å²) in [6, 6.07) is 5.78. The highest BCUT2D eigenvalue weighted by Gasteiger charge is 2.19. The summed E-state index contributed by atoms with van der Waals surface area (Å²) in [5.74, 6) is -0.353. The van der Waals surface area contributed by atoms with Crippen LogP contribution in [0.15, 0.2) is 29.1 Å². The third-order valence-electron chi connectivity index (χ3n) is 3.17. The number of aryl methyl sites for hydroxylation is 2. The molecule has 0 unspecified atom stereocenters. The minimum Gasteiger partial charge on any atom is -0.324 e. The molecule has 116 valence electrons. The number of nitrogens with zero attached hydrogens (tertiary/aromatic N) is 2. The van der Waals surface area contributed by atoms with Gasteiger partial charge in [-0.1, -0.05) is 23.2 Å². The van der Waals surface area contributed by atoms with E-state index in [1.807, 2.05) is 0 Å². The molecule has 1 aromatic carbocycles. The van der Waals surface area contributed by atoms with Crippen molar-refractivity contribution in [3.8, 4) is 0 Å². The Balaban J connectivity index is 2.28. The van der Waals surface area contributed by atoms with Crippen LogP contribution < -0.4 is 11.0 Å². The smallest absolute Gasteiger partial charge is 0.324 e. The van der Waals surface area contributed by atoms with Gasteiger partial charge in [0.25, 0.3) is 0 Å². The molecule has 0 aliphatic rings. The number of amides is 1. The molecule has 1 amide bonds. The molecule has 22 heavy (non-hydrogen) atoms. The van der Waals surface area contributed by atoms with E-state index in [-0.39, 0.29) is 5.91 Å². The number of rotatable bonds is 3. The Labute approximate surface area is 137 Å². The van der Waals surface area contributed by atoms with Crippen molar-refractivity contribution in [2.75, 3.05) is 5.32 Å². The summed E-state index contributed by atoms with van der Waals surface area (Å²) < 4.78 is 1.34. The predicted molar refractivity (Wildman–Crippen MR) is 87.8 cm³/mol. The van der Waals surface area contributed by atoms with Crippen molar-refractivity contribution >= 4 is 34.8 Å². The fourth-order valence-corrected chi connectivity index (χ4v) is 2.75. The summed E-state index contributed by atoms with van der Waals surface area (Å²) in [7, 11) is 0. The highest BCUT2D eigenvalue weighted by molar-refractivity contribution is 6.35. The monoisotopic (exact) mass is 339 g/mol. The van der Waals surface area contributed by atoms with Crippen LogP contribution in [0.2, 0.25) is 10.0 Å². The largest absolute Gasteiger partial charge is 0.348 e. The minimum atomic E-state index is -0.710. The van der Waals surface area contributed by atoms with Crippen molar-refractivity contribution in [2.24, 2.45) is 0 Å². The van der Waals surface area contributed by atoms with Gasteiger partial charge in [-0.15, -0.1) is 0 Å². The summed E-state index contributed by atoms with van der Waals surface area (Å²) in [6.45, 7) is 5.13. The number of carbonyl (C=O) groups excluding carboxylic acids is 1. The zero-order valence-corrected chi connectivity index (χ0v) is 13.9. The standard InChI is InChI=1S/C15H15Cl2N3O2/c1-8-4-9(2)20(15(22)18-8)10(3)14(21)19-13-6-11(16)5-12(17)7-13/h4-7,10H,1-3H3,(H,19,21)/t10-/m0/s1. The molecule has 2 rings (SSSR count). The molecule has 0 saturated carbocycles. The maximum absolute atomic E-state index is 12.3. The molecule has 0 bridgehead atoms. The third-order valence-corrected chi connectivity index (χ3v) is 3.61. The molecule has 0 radical (unpaired) electrons. The summed E-state index contributed by atoms with van der Waals surface area (Å²) in [5.41, 5.74) is 1.31. The summed E-state index contributed by atoms with van der Waals surface area (Å²) >= 11 is 11.8. The predicted octanol–water partition coefficient (Wildman–Crippen LogP) is 3.37. The van der Waals surface area contributed by atoms with Crippen LogP contribution in [-0.4, -0.2) is 15.5 Å². The lowest BCUT2D eigenvalue weighted by molar-refractivity contribution is -0.118. The fraction of sp³-hybridized carbons (Fsp3) is 0.267. The number of benzene rings is 1. The maximum atomic E-state index is 12.3. The molecule has 0 fully saturated rings. The van der Waals surface area contributed by atoms with E-state index in [2.05, 4.69) is 10.3 Å². The SMILES string of the molecule is Cc1cc(C)n([C@@H](C)C(=O)Nc2cc(Cl)cc(Cl)c2)c(=O)n1. The molecule has 7 heteroatoms. The van der Waals surface area contributed by atoms with Crippen LogP contribution in [0.3, 0.4) is 0 Å². The first kappa shape index (κ1) is 16.5. The number of anilines is 1. The van der Waals surface area contributed by atoms with E-state index in [0.717, 1.165) is 0 Å². The van der Waals surface area contributed by atoms with Gasteiger partial charge in [-0.2, -0.15) is 4.98 Å².